The van der Waals surface area contributed by atoms with Crippen LogP contribution in [0.2, 0.25) is 5.02 Å². The van der Waals surface area contributed by atoms with Crippen LogP contribution in [0.25, 0.3) is 11.5 Å². The zero-order chi connectivity index (χ0) is 22.0. The normalized spacial score (nSPS) is 19.9. The molecule has 5 nitrogen and oxygen atoms in total. The molecule has 1 aliphatic heterocycles. The Morgan fingerprint density at radius 2 is 2.00 bits per heavy atom. The third kappa shape index (κ3) is 4.47. The van der Waals surface area contributed by atoms with Crippen LogP contribution < -0.4 is 4.74 Å². The lowest BCUT2D eigenvalue weighted by atomic mass is 9.77. The van der Waals surface area contributed by atoms with Gasteiger partial charge in [0.2, 0.25) is 0 Å². The second kappa shape index (κ2) is 9.39. The molecule has 4 rings (SSSR count). The average Bonchev–Trinajstić information content (AvgIpc) is 3.47. The van der Waals surface area contributed by atoms with E-state index in [1.165, 1.54) is 12.1 Å². The number of furan rings is 1. The highest BCUT2D eigenvalue weighted by Gasteiger charge is 2.37. The Morgan fingerprint density at radius 1 is 1.19 bits per heavy atom. The van der Waals surface area contributed by atoms with E-state index in [1.807, 2.05) is 19.9 Å². The minimum Gasteiger partial charge on any atom is -0.493 e. The highest BCUT2D eigenvalue weighted by atomic mass is 35.5. The molecule has 0 saturated heterocycles. The first kappa shape index (κ1) is 21.8. The number of H-pyrrole nitrogens is 2. The van der Waals surface area contributed by atoms with E-state index in [-0.39, 0.29) is 23.5 Å². The summed E-state index contributed by atoms with van der Waals surface area (Å²) in [5.41, 5.74) is 2.92. The topological polar surface area (TPSA) is 71.0 Å². The number of carbonyl (C=O) groups is 1. The van der Waals surface area contributed by atoms with Gasteiger partial charge in [0.25, 0.3) is 0 Å². The van der Waals surface area contributed by atoms with E-state index in [2.05, 4.69) is 22.1 Å². The molecule has 2 atom stereocenters. The van der Waals surface area contributed by atoms with E-state index < -0.39 is 0 Å². The number of rotatable bonds is 5. The molecule has 1 aliphatic rings. The van der Waals surface area contributed by atoms with Crippen LogP contribution in [-0.4, -0.2) is 22.9 Å². The second-order valence-electron chi connectivity index (χ2n) is 8.78. The van der Waals surface area contributed by atoms with Crippen LogP contribution in [0, 0.1) is 11.8 Å². The highest BCUT2D eigenvalue weighted by Crippen LogP contribution is 2.45. The van der Waals surface area contributed by atoms with Crippen LogP contribution in [0.4, 0.5) is 0 Å². The quantitative estimate of drug-likeness (QED) is 0.459. The van der Waals surface area contributed by atoms with Crippen molar-refractivity contribution < 1.29 is 13.9 Å². The van der Waals surface area contributed by atoms with E-state index in [9.17, 15) is 4.79 Å². The van der Waals surface area contributed by atoms with Gasteiger partial charge < -0.3 is 19.1 Å². The summed E-state index contributed by atoms with van der Waals surface area (Å²) in [6.45, 7) is 3.96. The molecule has 0 aliphatic carbocycles. The molecular weight excluding hydrogens is 412 g/mol. The largest absolute Gasteiger partial charge is 0.493 e. The molecule has 2 bridgehead atoms. The summed E-state index contributed by atoms with van der Waals surface area (Å²) in [6.07, 6.45) is 8.15. The van der Waals surface area contributed by atoms with Crippen molar-refractivity contribution in [3.05, 3.63) is 52.6 Å². The van der Waals surface area contributed by atoms with Crippen molar-refractivity contribution in [1.29, 1.82) is 0 Å². The number of fused-ring (bicyclic) bond motifs is 2. The fraction of sp³-hybridized carbons (Fsp3) is 0.480. The predicted molar refractivity (Wildman–Crippen MR) is 123 cm³/mol. The van der Waals surface area contributed by atoms with Crippen molar-refractivity contribution in [3.63, 3.8) is 0 Å². The molecule has 166 valence electrons. The zero-order valence-corrected chi connectivity index (χ0v) is 19.2. The van der Waals surface area contributed by atoms with Crippen LogP contribution in [-0.2, 0) is 11.2 Å². The van der Waals surface area contributed by atoms with Gasteiger partial charge in [0.05, 0.1) is 18.1 Å². The van der Waals surface area contributed by atoms with Gasteiger partial charge in [-0.25, -0.2) is 0 Å². The standard InChI is InChI=1S/C25H31ClN2O3/c1-15(2)24(29)17-9-7-5-4-6-8-16-10-11-19(28-16)22(17)25-21(30-3)14-20(31-25)23-18(26)12-13-27-23/h10-15,17,22,27-28H,4-9H2,1-3H3/t17-,22-/m0/s1. The number of aryl methyl sites for hydroxylation is 1. The molecule has 31 heavy (non-hydrogen) atoms. The Labute approximate surface area is 188 Å². The molecule has 0 saturated carbocycles. The van der Waals surface area contributed by atoms with E-state index in [0.717, 1.165) is 37.8 Å². The maximum absolute atomic E-state index is 13.4. The fourth-order valence-corrected chi connectivity index (χ4v) is 4.90. The zero-order valence-electron chi connectivity index (χ0n) is 18.5. The number of methoxy groups -OCH3 is 1. The summed E-state index contributed by atoms with van der Waals surface area (Å²) in [6, 6.07) is 7.89. The van der Waals surface area contributed by atoms with E-state index in [4.69, 9.17) is 20.8 Å². The number of hydrogen-bond donors (Lipinski definition) is 2. The van der Waals surface area contributed by atoms with Crippen LogP contribution >= 0.6 is 11.6 Å². The lowest BCUT2D eigenvalue weighted by Gasteiger charge is -2.26. The van der Waals surface area contributed by atoms with Crippen molar-refractivity contribution in [3.8, 4) is 17.2 Å². The lowest BCUT2D eigenvalue weighted by Crippen LogP contribution is -2.27. The van der Waals surface area contributed by atoms with Gasteiger partial charge in [-0.3, -0.25) is 4.79 Å². The molecule has 0 aromatic carbocycles. The van der Waals surface area contributed by atoms with Crippen molar-refractivity contribution >= 4 is 17.4 Å². The van der Waals surface area contributed by atoms with Gasteiger partial charge in [0, 0.05) is 35.5 Å². The highest BCUT2D eigenvalue weighted by molar-refractivity contribution is 6.33. The number of ketones is 1. The van der Waals surface area contributed by atoms with Crippen molar-refractivity contribution in [1.82, 2.24) is 9.97 Å². The summed E-state index contributed by atoms with van der Waals surface area (Å²) in [4.78, 5) is 20.1. The molecule has 2 N–H and O–H groups in total. The number of nitrogens with one attached hydrogen (secondary N) is 2. The van der Waals surface area contributed by atoms with Gasteiger partial charge in [-0.2, -0.15) is 0 Å². The van der Waals surface area contributed by atoms with Gasteiger partial charge in [-0.05, 0) is 37.5 Å². The lowest BCUT2D eigenvalue weighted by molar-refractivity contribution is -0.126. The number of hydrogen-bond acceptors (Lipinski definition) is 3. The predicted octanol–water partition coefficient (Wildman–Crippen LogP) is 6.74. The van der Waals surface area contributed by atoms with Crippen LogP contribution in [0.5, 0.6) is 5.75 Å². The molecule has 3 aromatic heterocycles. The van der Waals surface area contributed by atoms with E-state index in [0.29, 0.717) is 28.0 Å². The molecule has 0 radical (unpaired) electrons. The van der Waals surface area contributed by atoms with Gasteiger partial charge in [0.1, 0.15) is 11.5 Å². The number of aromatic amines is 2. The first-order chi connectivity index (χ1) is 15.0. The Kier molecular flexibility index (Phi) is 6.61. The van der Waals surface area contributed by atoms with Crippen LogP contribution in [0.3, 0.4) is 0 Å². The number of aromatic nitrogens is 2. The van der Waals surface area contributed by atoms with Crippen LogP contribution in [0.15, 0.2) is 34.9 Å². The number of carbonyl (C=O) groups excluding carboxylic acids is 1. The third-order valence-electron chi connectivity index (χ3n) is 6.32. The van der Waals surface area contributed by atoms with Gasteiger partial charge in [-0.15, -0.1) is 0 Å². The van der Waals surface area contributed by atoms with Crippen molar-refractivity contribution in [2.45, 2.75) is 58.3 Å². The van der Waals surface area contributed by atoms with Gasteiger partial charge in [-0.1, -0.05) is 44.7 Å². The fourth-order valence-electron chi connectivity index (χ4n) is 4.69. The summed E-state index contributed by atoms with van der Waals surface area (Å²) < 4.78 is 12.1. The molecule has 0 fully saturated rings. The molecule has 0 spiro atoms. The first-order valence-corrected chi connectivity index (χ1v) is 11.6. The maximum Gasteiger partial charge on any atom is 0.161 e. The van der Waals surface area contributed by atoms with Gasteiger partial charge >= 0.3 is 0 Å². The smallest absolute Gasteiger partial charge is 0.161 e. The Hall–Kier alpha value is -2.40. The van der Waals surface area contributed by atoms with Crippen molar-refractivity contribution in [2.75, 3.05) is 7.11 Å². The second-order valence-corrected chi connectivity index (χ2v) is 9.18. The Bertz CT molecular complexity index is 1030. The first-order valence-electron chi connectivity index (χ1n) is 11.2. The maximum atomic E-state index is 13.4. The van der Waals surface area contributed by atoms with E-state index >= 15 is 0 Å². The summed E-state index contributed by atoms with van der Waals surface area (Å²) in [7, 11) is 1.64. The minimum atomic E-state index is -0.237. The molecule has 3 aromatic rings. The van der Waals surface area contributed by atoms with Crippen LogP contribution in [0.1, 0.15) is 69.0 Å². The SMILES string of the molecule is COc1cc(-c2[nH]ccc2Cl)oc1[C@@H]1c2ccc([nH]2)CCCCCC[C@@H]1C(=O)C(C)C. The minimum absolute atomic E-state index is 0.0506. The molecule has 6 heteroatoms. The number of ether oxygens (including phenoxy) is 1. The van der Waals surface area contributed by atoms with Gasteiger partial charge in [0.15, 0.2) is 17.3 Å². The molecule has 4 heterocycles. The van der Waals surface area contributed by atoms with Crippen molar-refractivity contribution in [2.24, 2.45) is 11.8 Å². The number of halogens is 1. The Morgan fingerprint density at radius 3 is 2.71 bits per heavy atom. The molecule has 0 unspecified atom stereocenters. The monoisotopic (exact) mass is 442 g/mol. The summed E-state index contributed by atoms with van der Waals surface area (Å²) in [5, 5.41) is 0.586. The third-order valence-corrected chi connectivity index (χ3v) is 6.64. The molecular formula is C25H31ClN2O3. The average molecular weight is 443 g/mol. The summed E-state index contributed by atoms with van der Waals surface area (Å²) >= 11 is 6.34. The Balaban J connectivity index is 1.85. The number of Topliss-reactive ketones (excluding diaryl/α,β-unsaturated/α-hetero) is 1. The summed E-state index contributed by atoms with van der Waals surface area (Å²) in [5.74, 6) is 1.71. The van der Waals surface area contributed by atoms with E-state index in [1.54, 1.807) is 19.4 Å². The molecule has 0 amide bonds.